The average molecular weight is 354 g/mol. The summed E-state index contributed by atoms with van der Waals surface area (Å²) >= 11 is 3.24. The standard InChI is InChI=1S/C13H12BrN3O4/c1-7-4-9(21-17-7)6-15-13(20)16-11-5-8(12(18)19)2-3-10(11)14/h2-5H,6H2,1H3,(H,18,19)(H2,15,16,20). The number of anilines is 1. The predicted molar refractivity (Wildman–Crippen MR) is 78.2 cm³/mol. The van der Waals surface area contributed by atoms with Crippen molar-refractivity contribution in [1.82, 2.24) is 10.5 Å². The number of carbonyl (C=O) groups is 2. The molecule has 3 N–H and O–H groups in total. The first-order valence-electron chi connectivity index (χ1n) is 5.95. The molecule has 1 heterocycles. The van der Waals surface area contributed by atoms with Crippen LogP contribution in [0.2, 0.25) is 0 Å². The normalized spacial score (nSPS) is 10.2. The Hall–Kier alpha value is -2.35. The highest BCUT2D eigenvalue weighted by molar-refractivity contribution is 9.10. The van der Waals surface area contributed by atoms with E-state index in [4.69, 9.17) is 9.63 Å². The molecule has 1 aromatic carbocycles. The van der Waals surface area contributed by atoms with Crippen molar-refractivity contribution in [1.29, 1.82) is 0 Å². The van der Waals surface area contributed by atoms with Crippen molar-refractivity contribution in [2.75, 3.05) is 5.32 Å². The lowest BCUT2D eigenvalue weighted by atomic mass is 10.2. The van der Waals surface area contributed by atoms with Gasteiger partial charge in [-0.3, -0.25) is 0 Å². The lowest BCUT2D eigenvalue weighted by molar-refractivity contribution is 0.0697. The molecule has 8 heteroatoms. The van der Waals surface area contributed by atoms with E-state index < -0.39 is 12.0 Å². The summed E-state index contributed by atoms with van der Waals surface area (Å²) < 4.78 is 5.54. The number of amides is 2. The molecule has 1 aromatic heterocycles. The quantitative estimate of drug-likeness (QED) is 0.783. The van der Waals surface area contributed by atoms with Crippen molar-refractivity contribution in [3.63, 3.8) is 0 Å². The first-order valence-corrected chi connectivity index (χ1v) is 6.75. The number of benzene rings is 1. The van der Waals surface area contributed by atoms with Crippen molar-refractivity contribution in [2.45, 2.75) is 13.5 Å². The minimum absolute atomic E-state index is 0.0827. The number of carbonyl (C=O) groups excluding carboxylic acids is 1. The highest BCUT2D eigenvalue weighted by Gasteiger charge is 2.10. The zero-order valence-electron chi connectivity index (χ0n) is 11.0. The van der Waals surface area contributed by atoms with E-state index in [0.717, 1.165) is 5.69 Å². The van der Waals surface area contributed by atoms with Crippen LogP contribution in [0.15, 0.2) is 33.3 Å². The molecule has 2 aromatic rings. The van der Waals surface area contributed by atoms with Gasteiger partial charge in [-0.05, 0) is 41.1 Å². The van der Waals surface area contributed by atoms with Gasteiger partial charge in [0.2, 0.25) is 0 Å². The molecular weight excluding hydrogens is 342 g/mol. The molecule has 2 rings (SSSR count). The van der Waals surface area contributed by atoms with Crippen LogP contribution in [-0.4, -0.2) is 22.3 Å². The van der Waals surface area contributed by atoms with Gasteiger partial charge >= 0.3 is 12.0 Å². The zero-order valence-corrected chi connectivity index (χ0v) is 12.6. The predicted octanol–water partition coefficient (Wildman–Crippen LogP) is 2.77. The highest BCUT2D eigenvalue weighted by atomic mass is 79.9. The molecule has 0 radical (unpaired) electrons. The fraction of sp³-hybridized carbons (Fsp3) is 0.154. The number of rotatable bonds is 4. The molecule has 0 saturated heterocycles. The summed E-state index contributed by atoms with van der Waals surface area (Å²) in [4.78, 5) is 22.7. The topological polar surface area (TPSA) is 104 Å². The molecule has 7 nitrogen and oxygen atoms in total. The maximum atomic E-state index is 11.8. The minimum atomic E-state index is -1.07. The monoisotopic (exact) mass is 353 g/mol. The van der Waals surface area contributed by atoms with E-state index in [2.05, 4.69) is 31.7 Å². The second-order valence-corrected chi connectivity index (χ2v) is 5.10. The average Bonchev–Trinajstić information content (AvgIpc) is 2.84. The van der Waals surface area contributed by atoms with E-state index in [0.29, 0.717) is 15.9 Å². The largest absolute Gasteiger partial charge is 0.478 e. The van der Waals surface area contributed by atoms with Crippen molar-refractivity contribution >= 4 is 33.6 Å². The number of aryl methyl sites for hydroxylation is 1. The number of hydrogen-bond acceptors (Lipinski definition) is 4. The van der Waals surface area contributed by atoms with E-state index >= 15 is 0 Å². The Labute approximate surface area is 128 Å². The second-order valence-electron chi connectivity index (χ2n) is 4.24. The third-order valence-corrected chi connectivity index (χ3v) is 3.25. The molecule has 2 amide bonds. The molecule has 0 aliphatic carbocycles. The number of aromatic carboxylic acids is 1. The van der Waals surface area contributed by atoms with Gasteiger partial charge in [0.15, 0.2) is 5.76 Å². The summed E-state index contributed by atoms with van der Waals surface area (Å²) in [5.74, 6) is -0.538. The summed E-state index contributed by atoms with van der Waals surface area (Å²) in [6, 6.07) is 5.59. The molecule has 0 fully saturated rings. The Morgan fingerprint density at radius 3 is 2.76 bits per heavy atom. The number of carboxylic acid groups (broad SMARTS) is 1. The van der Waals surface area contributed by atoms with Crippen LogP contribution in [-0.2, 0) is 6.54 Å². The second kappa shape index (κ2) is 6.40. The van der Waals surface area contributed by atoms with Gasteiger partial charge in [-0.15, -0.1) is 0 Å². The third-order valence-electron chi connectivity index (χ3n) is 2.56. The van der Waals surface area contributed by atoms with E-state index in [-0.39, 0.29) is 12.1 Å². The fourth-order valence-electron chi connectivity index (χ4n) is 1.59. The minimum Gasteiger partial charge on any atom is -0.478 e. The van der Waals surface area contributed by atoms with Crippen LogP contribution in [0, 0.1) is 6.92 Å². The van der Waals surface area contributed by atoms with Gasteiger partial charge in [-0.1, -0.05) is 5.16 Å². The van der Waals surface area contributed by atoms with Crippen molar-refractivity contribution < 1.29 is 19.2 Å². The van der Waals surface area contributed by atoms with E-state index in [9.17, 15) is 9.59 Å². The van der Waals surface area contributed by atoms with Crippen LogP contribution < -0.4 is 10.6 Å². The Bertz CT molecular complexity index is 684. The van der Waals surface area contributed by atoms with Gasteiger partial charge in [0.25, 0.3) is 0 Å². The van der Waals surface area contributed by atoms with Crippen molar-refractivity contribution in [3.05, 3.63) is 45.8 Å². The molecule has 21 heavy (non-hydrogen) atoms. The number of urea groups is 1. The van der Waals surface area contributed by atoms with Gasteiger partial charge in [0.05, 0.1) is 23.5 Å². The maximum Gasteiger partial charge on any atom is 0.335 e. The van der Waals surface area contributed by atoms with E-state index in [1.807, 2.05) is 0 Å². The smallest absolute Gasteiger partial charge is 0.335 e. The number of halogens is 1. The molecule has 110 valence electrons. The lowest BCUT2D eigenvalue weighted by Gasteiger charge is -2.09. The number of nitrogens with zero attached hydrogens (tertiary/aromatic N) is 1. The molecule has 0 aliphatic heterocycles. The highest BCUT2D eigenvalue weighted by Crippen LogP contribution is 2.23. The third kappa shape index (κ3) is 4.06. The van der Waals surface area contributed by atoms with Crippen LogP contribution in [0.4, 0.5) is 10.5 Å². The summed E-state index contributed by atoms with van der Waals surface area (Å²) in [5.41, 5.74) is 1.17. The molecule has 0 aliphatic rings. The van der Waals surface area contributed by atoms with Crippen LogP contribution in [0.5, 0.6) is 0 Å². The molecule has 0 atom stereocenters. The van der Waals surface area contributed by atoms with E-state index in [1.165, 1.54) is 12.1 Å². The first-order chi connectivity index (χ1) is 9.95. The fourth-order valence-corrected chi connectivity index (χ4v) is 1.93. The van der Waals surface area contributed by atoms with Gasteiger partial charge in [0.1, 0.15) is 0 Å². The van der Waals surface area contributed by atoms with Crippen molar-refractivity contribution in [2.24, 2.45) is 0 Å². The lowest BCUT2D eigenvalue weighted by Crippen LogP contribution is -2.28. The van der Waals surface area contributed by atoms with Gasteiger partial charge < -0.3 is 20.3 Å². The number of hydrogen-bond donors (Lipinski definition) is 3. The molecular formula is C13H12BrN3O4. The van der Waals surface area contributed by atoms with Crippen molar-refractivity contribution in [3.8, 4) is 0 Å². The molecule has 0 saturated carbocycles. The van der Waals surface area contributed by atoms with Gasteiger partial charge in [-0.25, -0.2) is 9.59 Å². The van der Waals surface area contributed by atoms with Crippen LogP contribution in [0.1, 0.15) is 21.8 Å². The van der Waals surface area contributed by atoms with E-state index in [1.54, 1.807) is 19.1 Å². The molecule has 0 unspecified atom stereocenters. The number of nitrogens with one attached hydrogen (secondary N) is 2. The SMILES string of the molecule is Cc1cc(CNC(=O)Nc2cc(C(=O)O)ccc2Br)on1. The Balaban J connectivity index is 1.99. The Morgan fingerprint density at radius 1 is 1.38 bits per heavy atom. The first kappa shape index (κ1) is 15.0. The summed E-state index contributed by atoms with van der Waals surface area (Å²) in [6.07, 6.45) is 0. The van der Waals surface area contributed by atoms with Gasteiger partial charge in [-0.2, -0.15) is 0 Å². The summed E-state index contributed by atoms with van der Waals surface area (Å²) in [7, 11) is 0. The maximum absolute atomic E-state index is 11.8. The van der Waals surface area contributed by atoms with Crippen LogP contribution >= 0.6 is 15.9 Å². The Morgan fingerprint density at radius 2 is 2.14 bits per heavy atom. The van der Waals surface area contributed by atoms with Gasteiger partial charge in [0, 0.05) is 10.5 Å². The number of aromatic nitrogens is 1. The number of carboxylic acids is 1. The zero-order chi connectivity index (χ0) is 15.4. The van der Waals surface area contributed by atoms with Crippen LogP contribution in [0.3, 0.4) is 0 Å². The molecule has 0 spiro atoms. The Kier molecular flexibility index (Phi) is 4.59. The van der Waals surface area contributed by atoms with Crippen LogP contribution in [0.25, 0.3) is 0 Å². The molecule has 0 bridgehead atoms. The summed E-state index contributed by atoms with van der Waals surface area (Å²) in [5, 5.41) is 17.8. The summed E-state index contributed by atoms with van der Waals surface area (Å²) in [6.45, 7) is 1.96.